The third-order valence-electron chi connectivity index (χ3n) is 2.62. The second-order valence-corrected chi connectivity index (χ2v) is 5.61. The number of aldehydes is 1. The van der Waals surface area contributed by atoms with Gasteiger partial charge in [0.15, 0.2) is 0 Å². The van der Waals surface area contributed by atoms with Gasteiger partial charge in [0, 0.05) is 6.54 Å². The van der Waals surface area contributed by atoms with E-state index in [1.54, 1.807) is 0 Å². The molecule has 0 aromatic heterocycles. The summed E-state index contributed by atoms with van der Waals surface area (Å²) in [5, 5.41) is 2.63. The monoisotopic (exact) mass is 304 g/mol. The predicted molar refractivity (Wildman–Crippen MR) is 79.0 cm³/mol. The van der Waals surface area contributed by atoms with Gasteiger partial charge in [-0.05, 0) is 5.41 Å². The maximum atomic E-state index is 11.6. The van der Waals surface area contributed by atoms with Crippen LogP contribution in [-0.4, -0.2) is 64.4 Å². The van der Waals surface area contributed by atoms with Gasteiger partial charge in [-0.3, -0.25) is 4.79 Å². The SMILES string of the molecule is CC(C)(C)C(C=O)NC(=O)COCCOCCOCCN. The minimum atomic E-state index is -0.524. The van der Waals surface area contributed by atoms with Crippen molar-refractivity contribution in [1.29, 1.82) is 0 Å². The van der Waals surface area contributed by atoms with Crippen molar-refractivity contribution in [2.45, 2.75) is 26.8 Å². The van der Waals surface area contributed by atoms with Crippen LogP contribution in [0.3, 0.4) is 0 Å². The topological polar surface area (TPSA) is 99.9 Å². The fourth-order valence-corrected chi connectivity index (χ4v) is 1.36. The average molecular weight is 304 g/mol. The van der Waals surface area contributed by atoms with Crippen LogP contribution in [0.4, 0.5) is 0 Å². The lowest BCUT2D eigenvalue weighted by Gasteiger charge is -2.26. The van der Waals surface area contributed by atoms with E-state index in [9.17, 15) is 9.59 Å². The quantitative estimate of drug-likeness (QED) is 0.380. The highest BCUT2D eigenvalue weighted by Crippen LogP contribution is 2.17. The van der Waals surface area contributed by atoms with Crippen molar-refractivity contribution in [3.8, 4) is 0 Å². The molecule has 0 radical (unpaired) electrons. The van der Waals surface area contributed by atoms with Crippen molar-refractivity contribution in [1.82, 2.24) is 5.32 Å². The molecule has 0 saturated carbocycles. The highest BCUT2D eigenvalue weighted by Gasteiger charge is 2.25. The number of nitrogens with two attached hydrogens (primary N) is 1. The molecule has 124 valence electrons. The normalized spacial score (nSPS) is 13.0. The zero-order chi connectivity index (χ0) is 16.1. The van der Waals surface area contributed by atoms with Crippen LogP contribution >= 0.6 is 0 Å². The zero-order valence-electron chi connectivity index (χ0n) is 13.2. The van der Waals surface area contributed by atoms with Gasteiger partial charge in [0.2, 0.25) is 5.91 Å². The number of ether oxygens (including phenoxy) is 3. The Bertz CT molecular complexity index is 292. The van der Waals surface area contributed by atoms with Crippen LogP contribution in [0, 0.1) is 5.41 Å². The lowest BCUT2D eigenvalue weighted by molar-refractivity contribution is -0.130. The van der Waals surface area contributed by atoms with Crippen molar-refractivity contribution in [3.63, 3.8) is 0 Å². The molecule has 0 aliphatic heterocycles. The van der Waals surface area contributed by atoms with Gasteiger partial charge in [0.1, 0.15) is 12.9 Å². The summed E-state index contributed by atoms with van der Waals surface area (Å²) in [6.45, 7) is 8.22. The van der Waals surface area contributed by atoms with Crippen LogP contribution in [0.2, 0.25) is 0 Å². The molecule has 0 bridgehead atoms. The van der Waals surface area contributed by atoms with Gasteiger partial charge < -0.3 is 30.1 Å². The summed E-state index contributed by atoms with van der Waals surface area (Å²) in [6, 6.07) is -0.524. The van der Waals surface area contributed by atoms with E-state index < -0.39 is 6.04 Å². The molecule has 7 heteroatoms. The Labute approximate surface area is 126 Å². The van der Waals surface area contributed by atoms with E-state index in [0.717, 1.165) is 6.29 Å². The number of carbonyl (C=O) groups excluding carboxylic acids is 2. The molecule has 0 aliphatic carbocycles. The van der Waals surface area contributed by atoms with Crippen LogP contribution in [0.25, 0.3) is 0 Å². The summed E-state index contributed by atoms with van der Waals surface area (Å²) in [5.74, 6) is -0.312. The Morgan fingerprint density at radius 1 is 1.10 bits per heavy atom. The molecule has 0 aromatic rings. The van der Waals surface area contributed by atoms with Gasteiger partial charge in [-0.2, -0.15) is 0 Å². The van der Waals surface area contributed by atoms with Crippen molar-refractivity contribution >= 4 is 12.2 Å². The van der Waals surface area contributed by atoms with E-state index >= 15 is 0 Å². The molecule has 0 aromatic carbocycles. The molecule has 7 nitrogen and oxygen atoms in total. The Morgan fingerprint density at radius 3 is 2.10 bits per heavy atom. The highest BCUT2D eigenvalue weighted by atomic mass is 16.5. The van der Waals surface area contributed by atoms with Gasteiger partial charge in [-0.25, -0.2) is 0 Å². The fourth-order valence-electron chi connectivity index (χ4n) is 1.36. The van der Waals surface area contributed by atoms with Gasteiger partial charge in [0.25, 0.3) is 0 Å². The van der Waals surface area contributed by atoms with Gasteiger partial charge >= 0.3 is 0 Å². The first-order valence-corrected chi connectivity index (χ1v) is 7.09. The molecule has 0 saturated heterocycles. The molecule has 1 amide bonds. The number of rotatable bonds is 12. The molecule has 0 spiro atoms. The summed E-state index contributed by atoms with van der Waals surface area (Å²) >= 11 is 0. The van der Waals surface area contributed by atoms with Gasteiger partial charge in [-0.15, -0.1) is 0 Å². The van der Waals surface area contributed by atoms with E-state index in [-0.39, 0.29) is 17.9 Å². The molecule has 0 fully saturated rings. The van der Waals surface area contributed by atoms with Crippen LogP contribution in [0.1, 0.15) is 20.8 Å². The van der Waals surface area contributed by atoms with Crippen molar-refractivity contribution in [3.05, 3.63) is 0 Å². The summed E-state index contributed by atoms with van der Waals surface area (Å²) < 4.78 is 15.5. The van der Waals surface area contributed by atoms with Crippen LogP contribution < -0.4 is 11.1 Å². The average Bonchev–Trinajstić information content (AvgIpc) is 2.41. The fraction of sp³-hybridized carbons (Fsp3) is 0.857. The highest BCUT2D eigenvalue weighted by molar-refractivity contribution is 5.80. The Morgan fingerprint density at radius 2 is 1.62 bits per heavy atom. The first-order chi connectivity index (χ1) is 9.91. The van der Waals surface area contributed by atoms with Gasteiger partial charge in [-0.1, -0.05) is 20.8 Å². The summed E-state index contributed by atoms with van der Waals surface area (Å²) in [6.07, 6.45) is 0.738. The smallest absolute Gasteiger partial charge is 0.246 e. The van der Waals surface area contributed by atoms with E-state index in [1.165, 1.54) is 0 Å². The second-order valence-electron chi connectivity index (χ2n) is 5.61. The minimum Gasteiger partial charge on any atom is -0.378 e. The lowest BCUT2D eigenvalue weighted by atomic mass is 9.88. The molecule has 0 heterocycles. The summed E-state index contributed by atoms with van der Waals surface area (Å²) in [7, 11) is 0. The Balaban J connectivity index is 3.56. The molecule has 21 heavy (non-hydrogen) atoms. The molecular weight excluding hydrogens is 276 g/mol. The van der Waals surface area contributed by atoms with Crippen molar-refractivity contribution in [2.75, 3.05) is 46.2 Å². The number of hydrogen-bond acceptors (Lipinski definition) is 6. The van der Waals surface area contributed by atoms with Crippen molar-refractivity contribution in [2.24, 2.45) is 11.1 Å². The molecule has 0 aliphatic rings. The van der Waals surface area contributed by atoms with Gasteiger partial charge in [0.05, 0.1) is 39.1 Å². The van der Waals surface area contributed by atoms with E-state index in [0.29, 0.717) is 39.6 Å². The molecule has 1 unspecified atom stereocenters. The third-order valence-corrected chi connectivity index (χ3v) is 2.62. The van der Waals surface area contributed by atoms with Crippen LogP contribution in [0.5, 0.6) is 0 Å². The lowest BCUT2D eigenvalue weighted by Crippen LogP contribution is -2.46. The number of hydrogen-bond donors (Lipinski definition) is 2. The second kappa shape index (κ2) is 11.6. The third kappa shape index (κ3) is 11.3. The molecule has 1 atom stereocenters. The Kier molecular flexibility index (Phi) is 11.1. The molecule has 3 N–H and O–H groups in total. The first-order valence-electron chi connectivity index (χ1n) is 7.09. The largest absolute Gasteiger partial charge is 0.378 e. The maximum absolute atomic E-state index is 11.6. The van der Waals surface area contributed by atoms with E-state index in [2.05, 4.69) is 5.32 Å². The standard InChI is InChI=1S/C14H28N2O5/c1-14(2,3)12(10-17)16-13(18)11-21-9-8-20-7-6-19-5-4-15/h10,12H,4-9,11,15H2,1-3H3,(H,16,18). The molecule has 0 rings (SSSR count). The number of amides is 1. The van der Waals surface area contributed by atoms with Crippen LogP contribution in [-0.2, 0) is 23.8 Å². The first kappa shape index (κ1) is 20.0. The summed E-state index contributed by atoms with van der Waals surface area (Å²) in [4.78, 5) is 22.5. The van der Waals surface area contributed by atoms with E-state index in [1.807, 2.05) is 20.8 Å². The van der Waals surface area contributed by atoms with Crippen molar-refractivity contribution < 1.29 is 23.8 Å². The Hall–Kier alpha value is -1.02. The molecular formula is C14H28N2O5. The minimum absolute atomic E-state index is 0.0898. The predicted octanol–water partition coefficient (Wildman–Crippen LogP) is -0.275. The van der Waals surface area contributed by atoms with Crippen LogP contribution in [0.15, 0.2) is 0 Å². The number of carbonyl (C=O) groups is 2. The zero-order valence-corrected chi connectivity index (χ0v) is 13.2. The maximum Gasteiger partial charge on any atom is 0.246 e. The summed E-state index contributed by atoms with van der Waals surface area (Å²) in [5.41, 5.74) is 4.95. The number of nitrogens with one attached hydrogen (secondary N) is 1. The van der Waals surface area contributed by atoms with E-state index in [4.69, 9.17) is 19.9 Å².